The van der Waals surface area contributed by atoms with Crippen molar-refractivity contribution < 1.29 is 23.6 Å². The van der Waals surface area contributed by atoms with Gasteiger partial charge >= 0.3 is 0 Å². The third kappa shape index (κ3) is 3.27. The fourth-order valence-electron chi connectivity index (χ4n) is 4.03. The standard InChI is InChI=1S/C22H16FN3O4S/c23-15-3-1-2-14-16(10-31-19(14)15)24-20(28)11-4-5-13-12(8-11)9-26(22(13)30)17-6-7-18(27)25-21(17)29/h1-5,8,10,17H,6-7,9H2,(H,24,28)(H,25,27,29). The maximum atomic E-state index is 13.9. The van der Waals surface area contributed by atoms with Crippen LogP contribution in [0.2, 0.25) is 0 Å². The summed E-state index contributed by atoms with van der Waals surface area (Å²) in [6.45, 7) is 0.189. The molecule has 9 heteroatoms. The predicted octanol–water partition coefficient (Wildman–Crippen LogP) is 3.05. The van der Waals surface area contributed by atoms with E-state index in [0.29, 0.717) is 32.5 Å². The van der Waals surface area contributed by atoms with Gasteiger partial charge in [0.1, 0.15) is 11.9 Å². The fourth-order valence-corrected chi connectivity index (χ4v) is 4.94. The number of hydrogen-bond donors (Lipinski definition) is 2. The molecule has 156 valence electrons. The number of carbonyl (C=O) groups is 4. The van der Waals surface area contributed by atoms with Gasteiger partial charge in [0.25, 0.3) is 11.8 Å². The minimum Gasteiger partial charge on any atom is -0.322 e. The second-order valence-electron chi connectivity index (χ2n) is 7.49. The van der Waals surface area contributed by atoms with Gasteiger partial charge in [-0.3, -0.25) is 24.5 Å². The van der Waals surface area contributed by atoms with Gasteiger partial charge in [-0.1, -0.05) is 12.1 Å². The SMILES string of the molecule is O=C1CCC(N2Cc3cc(C(=O)Nc4csc5c(F)cccc45)ccc3C2=O)C(=O)N1. The normalized spacial score (nSPS) is 18.3. The molecule has 3 aromatic rings. The van der Waals surface area contributed by atoms with E-state index in [-0.39, 0.29) is 42.9 Å². The van der Waals surface area contributed by atoms with Crippen molar-refractivity contribution >= 4 is 50.7 Å². The molecule has 0 aliphatic carbocycles. The van der Waals surface area contributed by atoms with Gasteiger partial charge in [0.2, 0.25) is 11.8 Å². The van der Waals surface area contributed by atoms with Crippen LogP contribution in [0, 0.1) is 5.82 Å². The fraction of sp³-hybridized carbons (Fsp3) is 0.182. The van der Waals surface area contributed by atoms with Crippen molar-refractivity contribution in [2.45, 2.75) is 25.4 Å². The molecule has 0 saturated carbocycles. The van der Waals surface area contributed by atoms with E-state index in [4.69, 9.17) is 0 Å². The molecule has 2 aliphatic heterocycles. The number of carbonyl (C=O) groups excluding carboxylic acids is 4. The van der Waals surface area contributed by atoms with E-state index in [2.05, 4.69) is 10.6 Å². The van der Waals surface area contributed by atoms with Crippen LogP contribution in [0.3, 0.4) is 0 Å². The lowest BCUT2D eigenvalue weighted by molar-refractivity contribution is -0.136. The zero-order chi connectivity index (χ0) is 21.7. The number of benzene rings is 2. The molecule has 1 atom stereocenters. The number of thiophene rings is 1. The van der Waals surface area contributed by atoms with Crippen LogP contribution in [0.15, 0.2) is 41.8 Å². The number of hydrogen-bond acceptors (Lipinski definition) is 5. The molecule has 4 amide bonds. The summed E-state index contributed by atoms with van der Waals surface area (Å²) in [6.07, 6.45) is 0.457. The quantitative estimate of drug-likeness (QED) is 0.616. The maximum absolute atomic E-state index is 13.9. The molecule has 3 heterocycles. The number of imide groups is 1. The van der Waals surface area contributed by atoms with Crippen LogP contribution in [0.25, 0.3) is 10.1 Å². The molecule has 0 spiro atoms. The number of nitrogens with zero attached hydrogens (tertiary/aromatic N) is 1. The smallest absolute Gasteiger partial charge is 0.255 e. The Morgan fingerprint density at radius 1 is 1.19 bits per heavy atom. The molecular weight excluding hydrogens is 421 g/mol. The van der Waals surface area contributed by atoms with Crippen LogP contribution in [0.5, 0.6) is 0 Å². The van der Waals surface area contributed by atoms with Crippen LogP contribution in [0.4, 0.5) is 10.1 Å². The van der Waals surface area contributed by atoms with Crippen LogP contribution in [-0.4, -0.2) is 34.6 Å². The average molecular weight is 437 g/mol. The number of nitrogens with one attached hydrogen (secondary N) is 2. The van der Waals surface area contributed by atoms with Gasteiger partial charge < -0.3 is 10.2 Å². The van der Waals surface area contributed by atoms with Gasteiger partial charge in [-0.05, 0) is 36.2 Å². The number of anilines is 1. The predicted molar refractivity (Wildman–Crippen MR) is 112 cm³/mol. The van der Waals surface area contributed by atoms with Gasteiger partial charge in [0, 0.05) is 34.9 Å². The third-order valence-electron chi connectivity index (χ3n) is 5.59. The Hall–Kier alpha value is -3.59. The molecular formula is C22H16FN3O4S. The number of fused-ring (bicyclic) bond motifs is 2. The van der Waals surface area contributed by atoms with Crippen molar-refractivity contribution in [2.24, 2.45) is 0 Å². The highest BCUT2D eigenvalue weighted by Gasteiger charge is 2.39. The Labute approximate surface area is 179 Å². The van der Waals surface area contributed by atoms with E-state index in [1.54, 1.807) is 35.7 Å². The van der Waals surface area contributed by atoms with Crippen molar-refractivity contribution in [3.63, 3.8) is 0 Å². The molecule has 1 aromatic heterocycles. The molecule has 0 radical (unpaired) electrons. The lowest BCUT2D eigenvalue weighted by Crippen LogP contribution is -2.52. The van der Waals surface area contributed by atoms with Crippen LogP contribution in [0.1, 0.15) is 39.1 Å². The minimum atomic E-state index is -0.707. The number of amides is 4. The van der Waals surface area contributed by atoms with Crippen LogP contribution < -0.4 is 10.6 Å². The van der Waals surface area contributed by atoms with Crippen molar-refractivity contribution in [1.82, 2.24) is 10.2 Å². The highest BCUT2D eigenvalue weighted by molar-refractivity contribution is 7.17. The van der Waals surface area contributed by atoms with Crippen molar-refractivity contribution in [3.8, 4) is 0 Å². The highest BCUT2D eigenvalue weighted by Crippen LogP contribution is 2.33. The second kappa shape index (κ2) is 7.28. The molecule has 1 unspecified atom stereocenters. The lowest BCUT2D eigenvalue weighted by atomic mass is 10.0. The topological polar surface area (TPSA) is 95.6 Å². The summed E-state index contributed by atoms with van der Waals surface area (Å²) in [4.78, 5) is 50.5. The summed E-state index contributed by atoms with van der Waals surface area (Å²) in [5, 5.41) is 7.38. The second-order valence-corrected chi connectivity index (χ2v) is 8.37. The molecule has 0 bridgehead atoms. The molecule has 2 aliphatic rings. The Morgan fingerprint density at radius 3 is 2.84 bits per heavy atom. The zero-order valence-corrected chi connectivity index (χ0v) is 16.9. The van der Waals surface area contributed by atoms with Crippen molar-refractivity contribution in [1.29, 1.82) is 0 Å². The van der Waals surface area contributed by atoms with E-state index >= 15 is 0 Å². The molecule has 2 N–H and O–H groups in total. The summed E-state index contributed by atoms with van der Waals surface area (Å²) in [5.74, 6) is -1.83. The summed E-state index contributed by atoms with van der Waals surface area (Å²) in [6, 6.07) is 8.75. The molecule has 2 aromatic carbocycles. The summed E-state index contributed by atoms with van der Waals surface area (Å²) < 4.78 is 14.4. The number of rotatable bonds is 3. The first-order chi connectivity index (χ1) is 14.9. The summed E-state index contributed by atoms with van der Waals surface area (Å²) in [7, 11) is 0. The van der Waals surface area contributed by atoms with Gasteiger partial charge in [-0.2, -0.15) is 0 Å². The molecule has 31 heavy (non-hydrogen) atoms. The van der Waals surface area contributed by atoms with Gasteiger partial charge in [-0.15, -0.1) is 11.3 Å². The average Bonchev–Trinajstić information content (AvgIpc) is 3.30. The molecule has 5 rings (SSSR count). The van der Waals surface area contributed by atoms with E-state index in [0.717, 1.165) is 0 Å². The lowest BCUT2D eigenvalue weighted by Gasteiger charge is -2.29. The molecule has 7 nitrogen and oxygen atoms in total. The number of piperidine rings is 1. The van der Waals surface area contributed by atoms with E-state index in [9.17, 15) is 23.6 Å². The number of halogens is 1. The van der Waals surface area contributed by atoms with Gasteiger partial charge in [-0.25, -0.2) is 4.39 Å². The Morgan fingerprint density at radius 2 is 2.03 bits per heavy atom. The monoisotopic (exact) mass is 437 g/mol. The Balaban J connectivity index is 1.37. The van der Waals surface area contributed by atoms with Crippen LogP contribution in [-0.2, 0) is 16.1 Å². The Bertz CT molecular complexity index is 1280. The Kier molecular flexibility index (Phi) is 4.55. The van der Waals surface area contributed by atoms with E-state index in [1.165, 1.54) is 22.3 Å². The van der Waals surface area contributed by atoms with Crippen molar-refractivity contribution in [3.05, 3.63) is 64.3 Å². The first-order valence-corrected chi connectivity index (χ1v) is 10.5. The zero-order valence-electron chi connectivity index (χ0n) is 16.1. The largest absolute Gasteiger partial charge is 0.322 e. The minimum absolute atomic E-state index is 0.180. The van der Waals surface area contributed by atoms with E-state index in [1.807, 2.05) is 0 Å². The molecule has 1 saturated heterocycles. The highest BCUT2D eigenvalue weighted by atomic mass is 32.1. The summed E-state index contributed by atoms with van der Waals surface area (Å²) in [5.41, 5.74) is 1.95. The third-order valence-corrected chi connectivity index (χ3v) is 6.59. The maximum Gasteiger partial charge on any atom is 0.255 e. The first kappa shape index (κ1) is 19.4. The molecule has 1 fully saturated rings. The summed E-state index contributed by atoms with van der Waals surface area (Å²) >= 11 is 1.21. The van der Waals surface area contributed by atoms with E-state index < -0.39 is 11.9 Å². The first-order valence-electron chi connectivity index (χ1n) is 9.67. The van der Waals surface area contributed by atoms with Crippen LogP contribution >= 0.6 is 11.3 Å². The van der Waals surface area contributed by atoms with Crippen molar-refractivity contribution in [2.75, 3.05) is 5.32 Å². The van der Waals surface area contributed by atoms with Gasteiger partial charge in [0.05, 0.1) is 10.4 Å². The van der Waals surface area contributed by atoms with Gasteiger partial charge in [0.15, 0.2) is 0 Å².